The van der Waals surface area contributed by atoms with Crippen LogP contribution in [-0.2, 0) is 0 Å². The molecule has 1 aromatic heterocycles. The maximum absolute atomic E-state index is 5.31. The Morgan fingerprint density at radius 2 is 1.87 bits per heavy atom. The lowest BCUT2D eigenvalue weighted by atomic mass is 10.1. The molecule has 0 N–H and O–H groups in total. The van der Waals surface area contributed by atoms with Gasteiger partial charge in [-0.1, -0.05) is 48.6 Å². The molecule has 0 fully saturated rings. The molecule has 0 amide bonds. The highest BCUT2D eigenvalue weighted by Gasteiger charge is 1.94. The van der Waals surface area contributed by atoms with Gasteiger partial charge >= 0.3 is 0 Å². The van der Waals surface area contributed by atoms with Crippen LogP contribution in [0.4, 0.5) is 0 Å². The zero-order chi connectivity index (χ0) is 10.5. The number of allylic oxidation sites excluding steroid dienone is 1. The number of benzene rings is 1. The predicted molar refractivity (Wildman–Crippen MR) is 71.5 cm³/mol. The van der Waals surface area contributed by atoms with Crippen molar-refractivity contribution in [2.45, 2.75) is 0 Å². The van der Waals surface area contributed by atoms with E-state index >= 15 is 0 Å². The number of hydrogen-bond donors (Lipinski definition) is 0. The second-order valence-corrected chi connectivity index (χ2v) is 4.50. The van der Waals surface area contributed by atoms with E-state index in [1.165, 1.54) is 4.88 Å². The van der Waals surface area contributed by atoms with E-state index in [0.29, 0.717) is 0 Å². The molecule has 2 heteroatoms. The first-order chi connectivity index (χ1) is 7.36. The van der Waals surface area contributed by atoms with Crippen molar-refractivity contribution in [2.75, 3.05) is 0 Å². The average molecular weight is 230 g/mol. The largest absolute Gasteiger partial charge is 0.144 e. The SMILES string of the molecule is S=C(/C=C/c1cccs1)c1ccccc1. The minimum absolute atomic E-state index is 0.879. The summed E-state index contributed by atoms with van der Waals surface area (Å²) in [5.41, 5.74) is 1.10. The molecule has 0 aliphatic heterocycles. The van der Waals surface area contributed by atoms with Crippen LogP contribution in [0.5, 0.6) is 0 Å². The molecule has 0 aliphatic rings. The minimum Gasteiger partial charge on any atom is -0.144 e. The second kappa shape index (κ2) is 5.01. The van der Waals surface area contributed by atoms with Crippen LogP contribution in [0.1, 0.15) is 10.4 Å². The highest BCUT2D eigenvalue weighted by atomic mass is 32.1. The third-order valence-electron chi connectivity index (χ3n) is 2.00. The number of thiocarbonyl (C=S) groups is 1. The van der Waals surface area contributed by atoms with E-state index in [9.17, 15) is 0 Å². The van der Waals surface area contributed by atoms with Gasteiger partial charge in [0.25, 0.3) is 0 Å². The zero-order valence-electron chi connectivity index (χ0n) is 8.09. The van der Waals surface area contributed by atoms with Gasteiger partial charge in [-0.15, -0.1) is 11.3 Å². The molecule has 0 bridgehead atoms. The maximum atomic E-state index is 5.31. The van der Waals surface area contributed by atoms with E-state index < -0.39 is 0 Å². The lowest BCUT2D eigenvalue weighted by Crippen LogP contribution is -1.90. The van der Waals surface area contributed by atoms with E-state index in [0.717, 1.165) is 10.4 Å². The highest BCUT2D eigenvalue weighted by molar-refractivity contribution is 7.81. The molecule has 0 radical (unpaired) electrons. The van der Waals surface area contributed by atoms with E-state index in [2.05, 4.69) is 17.5 Å². The van der Waals surface area contributed by atoms with Crippen LogP contribution >= 0.6 is 23.6 Å². The number of thiophene rings is 1. The van der Waals surface area contributed by atoms with Gasteiger partial charge in [0, 0.05) is 9.74 Å². The molecule has 0 saturated heterocycles. The van der Waals surface area contributed by atoms with Gasteiger partial charge in [-0.25, -0.2) is 0 Å². The Bertz CT molecular complexity index is 453. The van der Waals surface area contributed by atoms with Crippen LogP contribution in [0.2, 0.25) is 0 Å². The van der Waals surface area contributed by atoms with E-state index in [-0.39, 0.29) is 0 Å². The van der Waals surface area contributed by atoms with Crippen LogP contribution in [0.3, 0.4) is 0 Å². The molecule has 0 aliphatic carbocycles. The molecule has 2 rings (SSSR count). The fraction of sp³-hybridized carbons (Fsp3) is 0. The Labute approximate surface area is 98.9 Å². The summed E-state index contributed by atoms with van der Waals surface area (Å²) in [7, 11) is 0. The third-order valence-corrected chi connectivity index (χ3v) is 3.21. The molecule has 15 heavy (non-hydrogen) atoms. The molecule has 0 unspecified atom stereocenters. The fourth-order valence-corrected chi connectivity index (χ4v) is 2.06. The summed E-state index contributed by atoms with van der Waals surface area (Å²) in [6.07, 6.45) is 4.04. The summed E-state index contributed by atoms with van der Waals surface area (Å²) in [6.45, 7) is 0. The van der Waals surface area contributed by atoms with Gasteiger partial charge in [-0.2, -0.15) is 0 Å². The van der Waals surface area contributed by atoms with Gasteiger partial charge in [-0.05, 0) is 29.2 Å². The van der Waals surface area contributed by atoms with Crippen LogP contribution in [0.15, 0.2) is 53.9 Å². The molecule has 1 aromatic carbocycles. The van der Waals surface area contributed by atoms with E-state index in [1.807, 2.05) is 42.5 Å². The van der Waals surface area contributed by atoms with Crippen LogP contribution in [0.25, 0.3) is 6.08 Å². The van der Waals surface area contributed by atoms with Crippen LogP contribution in [-0.4, -0.2) is 4.86 Å². The molecule has 0 saturated carbocycles. The smallest absolute Gasteiger partial charge is 0.0449 e. The van der Waals surface area contributed by atoms with Gasteiger partial charge in [-0.3, -0.25) is 0 Å². The van der Waals surface area contributed by atoms with Crippen molar-refractivity contribution < 1.29 is 0 Å². The van der Waals surface area contributed by atoms with Crippen molar-refractivity contribution >= 4 is 34.5 Å². The number of rotatable bonds is 3. The Morgan fingerprint density at radius 1 is 1.07 bits per heavy atom. The molecular weight excluding hydrogens is 220 g/mol. The Hall–Kier alpha value is -1.25. The van der Waals surface area contributed by atoms with Gasteiger partial charge in [0.15, 0.2) is 0 Å². The molecule has 74 valence electrons. The number of hydrogen-bond acceptors (Lipinski definition) is 2. The minimum atomic E-state index is 0.879. The highest BCUT2D eigenvalue weighted by Crippen LogP contribution is 2.11. The lowest BCUT2D eigenvalue weighted by molar-refractivity contribution is 1.68. The lowest BCUT2D eigenvalue weighted by Gasteiger charge is -1.96. The average Bonchev–Trinajstić information content (AvgIpc) is 2.80. The van der Waals surface area contributed by atoms with Gasteiger partial charge < -0.3 is 0 Å². The Morgan fingerprint density at radius 3 is 2.53 bits per heavy atom. The monoisotopic (exact) mass is 230 g/mol. The maximum Gasteiger partial charge on any atom is 0.0449 e. The Kier molecular flexibility index (Phi) is 3.43. The summed E-state index contributed by atoms with van der Waals surface area (Å²) >= 11 is 7.03. The normalized spacial score (nSPS) is 10.7. The van der Waals surface area contributed by atoms with E-state index in [4.69, 9.17) is 12.2 Å². The first-order valence-electron chi connectivity index (χ1n) is 4.67. The first-order valence-corrected chi connectivity index (χ1v) is 5.96. The van der Waals surface area contributed by atoms with Crippen molar-refractivity contribution in [3.63, 3.8) is 0 Å². The van der Waals surface area contributed by atoms with Crippen LogP contribution in [0, 0.1) is 0 Å². The van der Waals surface area contributed by atoms with Gasteiger partial charge in [0.05, 0.1) is 0 Å². The van der Waals surface area contributed by atoms with Crippen molar-refractivity contribution in [3.05, 3.63) is 64.4 Å². The summed E-state index contributed by atoms with van der Waals surface area (Å²) in [4.78, 5) is 2.11. The van der Waals surface area contributed by atoms with Crippen molar-refractivity contribution in [1.82, 2.24) is 0 Å². The molecular formula is C13H10S2. The molecule has 0 atom stereocenters. The van der Waals surface area contributed by atoms with Crippen molar-refractivity contribution in [2.24, 2.45) is 0 Å². The van der Waals surface area contributed by atoms with Crippen molar-refractivity contribution in [1.29, 1.82) is 0 Å². The van der Waals surface area contributed by atoms with Gasteiger partial charge in [0.1, 0.15) is 0 Å². The zero-order valence-corrected chi connectivity index (χ0v) is 9.72. The second-order valence-electron chi connectivity index (χ2n) is 3.08. The quantitative estimate of drug-likeness (QED) is 0.433. The van der Waals surface area contributed by atoms with Gasteiger partial charge in [0.2, 0.25) is 0 Å². The van der Waals surface area contributed by atoms with E-state index in [1.54, 1.807) is 11.3 Å². The molecule has 1 heterocycles. The topological polar surface area (TPSA) is 0 Å². The summed E-state index contributed by atoms with van der Waals surface area (Å²) in [6, 6.07) is 14.2. The van der Waals surface area contributed by atoms with Crippen LogP contribution < -0.4 is 0 Å². The molecule has 2 aromatic rings. The molecule has 0 nitrogen and oxygen atoms in total. The standard InChI is InChI=1S/C13H10S2/c14-13(11-5-2-1-3-6-11)9-8-12-7-4-10-15-12/h1-10H/b9-8+. The van der Waals surface area contributed by atoms with Crippen molar-refractivity contribution in [3.8, 4) is 0 Å². The summed E-state index contributed by atoms with van der Waals surface area (Å²) < 4.78 is 0. The Balaban J connectivity index is 2.11. The first kappa shape index (κ1) is 10.3. The third kappa shape index (κ3) is 2.85. The molecule has 0 spiro atoms. The fourth-order valence-electron chi connectivity index (χ4n) is 1.24. The summed E-state index contributed by atoms with van der Waals surface area (Å²) in [5.74, 6) is 0. The summed E-state index contributed by atoms with van der Waals surface area (Å²) in [5, 5.41) is 2.06. The predicted octanol–water partition coefficient (Wildman–Crippen LogP) is 4.18.